The summed E-state index contributed by atoms with van der Waals surface area (Å²) in [5.41, 5.74) is -0.847. The average Bonchev–Trinajstić information content (AvgIpc) is 2.98. The summed E-state index contributed by atoms with van der Waals surface area (Å²) in [6.07, 6.45) is 5.56. The highest BCUT2D eigenvalue weighted by Crippen LogP contribution is 2.67. The van der Waals surface area contributed by atoms with Crippen LogP contribution in [0.25, 0.3) is 0 Å². The summed E-state index contributed by atoms with van der Waals surface area (Å²) in [7, 11) is 0. The van der Waals surface area contributed by atoms with Crippen LogP contribution in [0.15, 0.2) is 23.8 Å². The molecule has 0 bridgehead atoms. The summed E-state index contributed by atoms with van der Waals surface area (Å²) >= 11 is 0. The summed E-state index contributed by atoms with van der Waals surface area (Å²) in [4.78, 5) is 37.6. The van der Waals surface area contributed by atoms with E-state index in [9.17, 15) is 19.5 Å². The van der Waals surface area contributed by atoms with Crippen molar-refractivity contribution < 1.29 is 28.6 Å². The molecule has 0 unspecified atom stereocenters. The van der Waals surface area contributed by atoms with Gasteiger partial charge in [-0.05, 0) is 66.6 Å². The number of fused-ring (bicyclic) bond motifs is 5. The Morgan fingerprint density at radius 1 is 1.28 bits per heavy atom. The van der Waals surface area contributed by atoms with Crippen molar-refractivity contribution in [3.8, 4) is 0 Å². The standard InChI is InChI=1S/C26H35FO5/c1-5-6-9-32-24(31)23(30)21-14(2)10-17-16-12-19(27)18-11-15(28)7-8-25(18,3)22(16)20(29)13-26(17,21)4/h7-8,11,14,16-17,19-22,29H,5-6,9-10,12-13H2,1-4H3/t14-,16+,17+,19+,20+,21-,22-,25+,26+/m1/s1. The molecular formula is C26H35FO5. The Kier molecular flexibility index (Phi) is 5.98. The number of hydrogen-bond donors (Lipinski definition) is 1. The van der Waals surface area contributed by atoms with E-state index < -0.39 is 40.8 Å². The van der Waals surface area contributed by atoms with E-state index in [1.165, 1.54) is 12.2 Å². The largest absolute Gasteiger partial charge is 0.460 e. The zero-order valence-electron chi connectivity index (χ0n) is 19.5. The number of aliphatic hydroxyl groups excluding tert-OH is 1. The highest BCUT2D eigenvalue weighted by atomic mass is 19.1. The van der Waals surface area contributed by atoms with Crippen LogP contribution in [0.2, 0.25) is 0 Å². The molecule has 176 valence electrons. The lowest BCUT2D eigenvalue weighted by atomic mass is 9.46. The topological polar surface area (TPSA) is 80.7 Å². The van der Waals surface area contributed by atoms with Crippen molar-refractivity contribution in [1.82, 2.24) is 0 Å². The number of hydrogen-bond acceptors (Lipinski definition) is 5. The number of allylic oxidation sites excluding steroid dienone is 4. The molecule has 0 aliphatic heterocycles. The van der Waals surface area contributed by atoms with Gasteiger partial charge in [0.1, 0.15) is 6.17 Å². The summed E-state index contributed by atoms with van der Waals surface area (Å²) in [6, 6.07) is 0. The van der Waals surface area contributed by atoms with Gasteiger partial charge in [0.25, 0.3) is 0 Å². The first kappa shape index (κ1) is 23.3. The minimum absolute atomic E-state index is 0.0194. The van der Waals surface area contributed by atoms with Crippen molar-refractivity contribution in [3.05, 3.63) is 23.8 Å². The molecule has 0 saturated heterocycles. The van der Waals surface area contributed by atoms with Gasteiger partial charge in [-0.25, -0.2) is 9.18 Å². The van der Waals surface area contributed by atoms with Gasteiger partial charge in [0, 0.05) is 17.3 Å². The van der Waals surface area contributed by atoms with Gasteiger partial charge < -0.3 is 9.84 Å². The molecule has 32 heavy (non-hydrogen) atoms. The predicted octanol–water partition coefficient (Wildman–Crippen LogP) is 3.99. The van der Waals surface area contributed by atoms with Crippen molar-refractivity contribution in [3.63, 3.8) is 0 Å². The SMILES string of the molecule is CCCCOC(=O)C(=O)[C@H]1[C@H](C)C[C@H]2[C@@H]3C[C@H](F)C4=CC(=O)C=C[C@]4(C)[C@H]3[C@@H](O)C[C@@]21C. The second kappa shape index (κ2) is 8.19. The van der Waals surface area contributed by atoms with Gasteiger partial charge in [-0.3, -0.25) is 9.59 Å². The third-order valence-electron chi connectivity index (χ3n) is 9.03. The van der Waals surface area contributed by atoms with Gasteiger partial charge in [0.05, 0.1) is 12.7 Å². The summed E-state index contributed by atoms with van der Waals surface area (Å²) in [5, 5.41) is 11.4. The number of halogens is 1. The molecule has 0 amide bonds. The van der Waals surface area contributed by atoms with Crippen LogP contribution >= 0.6 is 0 Å². The molecule has 4 aliphatic rings. The third kappa shape index (κ3) is 3.41. The fourth-order valence-corrected chi connectivity index (χ4v) is 7.77. The quantitative estimate of drug-likeness (QED) is 0.392. The maximum Gasteiger partial charge on any atom is 0.374 e. The zero-order chi connectivity index (χ0) is 23.4. The molecule has 9 atom stereocenters. The lowest BCUT2D eigenvalue weighted by Crippen LogP contribution is -2.58. The van der Waals surface area contributed by atoms with E-state index in [1.807, 2.05) is 27.7 Å². The summed E-state index contributed by atoms with van der Waals surface area (Å²) in [5.74, 6) is -2.42. The Morgan fingerprint density at radius 3 is 2.69 bits per heavy atom. The summed E-state index contributed by atoms with van der Waals surface area (Å²) < 4.78 is 20.6. The lowest BCUT2D eigenvalue weighted by Gasteiger charge is -2.59. The van der Waals surface area contributed by atoms with Gasteiger partial charge in [-0.15, -0.1) is 0 Å². The molecule has 0 aromatic heterocycles. The summed E-state index contributed by atoms with van der Waals surface area (Å²) in [6.45, 7) is 8.11. The molecule has 0 aromatic rings. The van der Waals surface area contributed by atoms with Crippen molar-refractivity contribution in [1.29, 1.82) is 0 Å². The van der Waals surface area contributed by atoms with E-state index in [0.717, 1.165) is 6.42 Å². The van der Waals surface area contributed by atoms with E-state index in [0.29, 0.717) is 24.8 Å². The number of ketones is 2. The average molecular weight is 447 g/mol. The lowest BCUT2D eigenvalue weighted by molar-refractivity contribution is -0.162. The molecule has 0 heterocycles. The second-order valence-electron chi connectivity index (χ2n) is 10.9. The van der Waals surface area contributed by atoms with Crippen molar-refractivity contribution in [2.45, 2.75) is 72.1 Å². The number of aliphatic hydroxyl groups is 1. The van der Waals surface area contributed by atoms with Crippen LogP contribution in [0.4, 0.5) is 4.39 Å². The fourth-order valence-electron chi connectivity index (χ4n) is 7.77. The number of alkyl halides is 1. The monoisotopic (exact) mass is 446 g/mol. The minimum Gasteiger partial charge on any atom is -0.460 e. The Bertz CT molecular complexity index is 877. The number of rotatable bonds is 5. The number of unbranched alkanes of at least 4 members (excludes halogenated alkanes) is 1. The highest BCUT2D eigenvalue weighted by molar-refractivity contribution is 6.34. The molecule has 0 spiro atoms. The first-order chi connectivity index (χ1) is 15.0. The van der Waals surface area contributed by atoms with Gasteiger partial charge >= 0.3 is 5.97 Å². The number of carbonyl (C=O) groups excluding carboxylic acids is 3. The molecule has 3 fully saturated rings. The maximum absolute atomic E-state index is 15.4. The van der Waals surface area contributed by atoms with Crippen LogP contribution in [-0.4, -0.2) is 41.5 Å². The van der Waals surface area contributed by atoms with Crippen LogP contribution in [0.5, 0.6) is 0 Å². The number of esters is 1. The molecular weight excluding hydrogens is 411 g/mol. The Balaban J connectivity index is 1.65. The van der Waals surface area contributed by atoms with Gasteiger partial charge in [-0.1, -0.05) is 40.2 Å². The molecule has 3 saturated carbocycles. The second-order valence-corrected chi connectivity index (χ2v) is 10.9. The van der Waals surface area contributed by atoms with Crippen molar-refractivity contribution >= 4 is 17.5 Å². The minimum atomic E-state index is -1.26. The fraction of sp³-hybridized carbons (Fsp3) is 0.731. The Morgan fingerprint density at radius 2 is 2.00 bits per heavy atom. The smallest absolute Gasteiger partial charge is 0.374 e. The van der Waals surface area contributed by atoms with Crippen LogP contribution < -0.4 is 0 Å². The Hall–Kier alpha value is -1.82. The van der Waals surface area contributed by atoms with E-state index >= 15 is 4.39 Å². The molecule has 4 aliphatic carbocycles. The third-order valence-corrected chi connectivity index (χ3v) is 9.03. The van der Waals surface area contributed by atoms with Crippen LogP contribution in [0.3, 0.4) is 0 Å². The predicted molar refractivity (Wildman–Crippen MR) is 117 cm³/mol. The van der Waals surface area contributed by atoms with E-state index in [1.54, 1.807) is 6.08 Å². The van der Waals surface area contributed by atoms with Crippen LogP contribution in [0.1, 0.15) is 59.8 Å². The van der Waals surface area contributed by atoms with E-state index in [2.05, 4.69) is 0 Å². The zero-order valence-corrected chi connectivity index (χ0v) is 19.5. The molecule has 1 N–H and O–H groups in total. The van der Waals surface area contributed by atoms with Crippen LogP contribution in [0, 0.1) is 40.4 Å². The molecule has 0 aromatic carbocycles. The number of carbonyl (C=O) groups is 3. The maximum atomic E-state index is 15.4. The Labute approximate surface area is 189 Å². The first-order valence-electron chi connectivity index (χ1n) is 12.0. The van der Waals surface area contributed by atoms with Gasteiger partial charge in [-0.2, -0.15) is 0 Å². The number of ether oxygens (including phenoxy) is 1. The van der Waals surface area contributed by atoms with Crippen LogP contribution in [-0.2, 0) is 19.1 Å². The molecule has 4 rings (SSSR count). The van der Waals surface area contributed by atoms with Gasteiger partial charge in [0.2, 0.25) is 5.78 Å². The molecule has 5 nitrogen and oxygen atoms in total. The number of Topliss-reactive ketones (excluding diaryl/α,β-unsaturated/α-hetero) is 1. The van der Waals surface area contributed by atoms with E-state index in [-0.39, 0.29) is 42.5 Å². The molecule has 0 radical (unpaired) electrons. The van der Waals surface area contributed by atoms with Crippen molar-refractivity contribution in [2.75, 3.05) is 6.61 Å². The highest BCUT2D eigenvalue weighted by Gasteiger charge is 2.66. The normalized spacial score (nSPS) is 44.9. The first-order valence-corrected chi connectivity index (χ1v) is 12.0. The van der Waals surface area contributed by atoms with Gasteiger partial charge in [0.15, 0.2) is 5.78 Å². The molecule has 6 heteroatoms. The van der Waals surface area contributed by atoms with E-state index in [4.69, 9.17) is 4.74 Å². The van der Waals surface area contributed by atoms with Crippen molar-refractivity contribution in [2.24, 2.45) is 40.4 Å².